The average molecular weight is 425 g/mol. The second kappa shape index (κ2) is 10.4. The van der Waals surface area contributed by atoms with Gasteiger partial charge in [-0.15, -0.1) is 0 Å². The van der Waals surface area contributed by atoms with Gasteiger partial charge in [0.2, 0.25) is 0 Å². The van der Waals surface area contributed by atoms with Crippen molar-refractivity contribution >= 4 is 17.4 Å². The van der Waals surface area contributed by atoms with Gasteiger partial charge in [-0.2, -0.15) is 0 Å². The molecule has 0 unspecified atom stereocenters. The van der Waals surface area contributed by atoms with E-state index in [-0.39, 0.29) is 5.97 Å². The van der Waals surface area contributed by atoms with Crippen molar-refractivity contribution in [3.05, 3.63) is 59.2 Å². The molecule has 0 aliphatic carbocycles. The summed E-state index contributed by atoms with van der Waals surface area (Å²) in [5.74, 6) is 1.36. The highest BCUT2D eigenvalue weighted by Gasteiger charge is 2.28. The Kier molecular flexibility index (Phi) is 7.58. The van der Waals surface area contributed by atoms with Crippen LogP contribution in [0.3, 0.4) is 0 Å². The maximum absolute atomic E-state index is 12.2. The third kappa shape index (κ3) is 5.20. The van der Waals surface area contributed by atoms with E-state index in [1.165, 1.54) is 11.3 Å². The van der Waals surface area contributed by atoms with E-state index in [1.807, 2.05) is 6.08 Å². The number of benzene rings is 2. The lowest BCUT2D eigenvalue weighted by molar-refractivity contribution is 0.0715. The molecule has 0 bridgehead atoms. The number of unbranched alkanes of at least 4 members (excludes halogenated alkanes) is 1. The van der Waals surface area contributed by atoms with Gasteiger partial charge < -0.3 is 19.1 Å². The lowest BCUT2D eigenvalue weighted by Crippen LogP contribution is -2.25. The molecule has 6 nitrogen and oxygen atoms in total. The first-order valence-corrected chi connectivity index (χ1v) is 10.6. The second-order valence-electron chi connectivity index (χ2n) is 7.74. The number of hydrogen-bond donors (Lipinski definition) is 0. The minimum absolute atomic E-state index is 0.349. The standard InChI is InChI=1S/C25H32N2O4/c1-6-27(17-18-11-7-8-12-21(18)26(2)3)14-10-9-13-22-19-15-23(29-4)24(30-5)16-20(19)25(28)31-22/h7-8,11-13,15-16H,6,9-10,14,17H2,1-5H3/b22-13-. The summed E-state index contributed by atoms with van der Waals surface area (Å²) < 4.78 is 16.2. The van der Waals surface area contributed by atoms with Crippen LogP contribution in [0.15, 0.2) is 42.5 Å². The van der Waals surface area contributed by atoms with E-state index in [0.29, 0.717) is 22.8 Å². The SMILES string of the molecule is CCN(CCC/C=C1\OC(=O)c2cc(OC)c(OC)cc21)Cc1ccccc1N(C)C. The van der Waals surface area contributed by atoms with Crippen LogP contribution in [0, 0.1) is 0 Å². The lowest BCUT2D eigenvalue weighted by atomic mass is 10.1. The van der Waals surface area contributed by atoms with Crippen LogP contribution in [-0.2, 0) is 11.3 Å². The Morgan fingerprint density at radius 3 is 2.35 bits per heavy atom. The van der Waals surface area contributed by atoms with Crippen LogP contribution < -0.4 is 14.4 Å². The third-order valence-electron chi connectivity index (χ3n) is 5.53. The number of fused-ring (bicyclic) bond motifs is 1. The Bertz CT molecular complexity index is 953. The minimum atomic E-state index is -0.349. The smallest absolute Gasteiger partial charge is 0.344 e. The number of rotatable bonds is 10. The number of esters is 1. The number of hydrogen-bond acceptors (Lipinski definition) is 6. The quantitative estimate of drug-likeness (QED) is 0.411. The first-order chi connectivity index (χ1) is 15.0. The van der Waals surface area contributed by atoms with Crippen LogP contribution in [0.1, 0.15) is 41.3 Å². The number of para-hydroxylation sites is 1. The molecule has 1 aliphatic heterocycles. The van der Waals surface area contributed by atoms with Crippen LogP contribution in [-0.4, -0.2) is 52.3 Å². The fourth-order valence-corrected chi connectivity index (χ4v) is 3.83. The molecule has 1 heterocycles. The number of nitrogens with zero attached hydrogens (tertiary/aromatic N) is 2. The molecule has 0 N–H and O–H groups in total. The molecule has 6 heteroatoms. The van der Waals surface area contributed by atoms with E-state index in [2.05, 4.69) is 55.1 Å². The zero-order chi connectivity index (χ0) is 22.4. The van der Waals surface area contributed by atoms with Crippen LogP contribution >= 0.6 is 0 Å². The number of carbonyl (C=O) groups excluding carboxylic acids is 1. The molecule has 2 aromatic carbocycles. The van der Waals surface area contributed by atoms with Gasteiger partial charge in [0.05, 0.1) is 19.8 Å². The van der Waals surface area contributed by atoms with Crippen molar-refractivity contribution in [2.75, 3.05) is 46.3 Å². The normalized spacial score (nSPS) is 14.0. The molecular weight excluding hydrogens is 392 g/mol. The highest BCUT2D eigenvalue weighted by molar-refractivity contribution is 6.03. The molecule has 0 saturated carbocycles. The summed E-state index contributed by atoms with van der Waals surface area (Å²) in [6.45, 7) is 5.05. The first-order valence-electron chi connectivity index (χ1n) is 10.6. The monoisotopic (exact) mass is 424 g/mol. The Morgan fingerprint density at radius 2 is 1.71 bits per heavy atom. The predicted molar refractivity (Wildman–Crippen MR) is 124 cm³/mol. The molecule has 1 aliphatic rings. The number of allylic oxidation sites excluding steroid dienone is 1. The second-order valence-corrected chi connectivity index (χ2v) is 7.74. The van der Waals surface area contributed by atoms with Gasteiger partial charge in [-0.25, -0.2) is 4.79 Å². The van der Waals surface area contributed by atoms with E-state index in [1.54, 1.807) is 26.4 Å². The van der Waals surface area contributed by atoms with Crippen LogP contribution in [0.4, 0.5) is 5.69 Å². The Balaban J connectivity index is 1.63. The Hall–Kier alpha value is -2.99. The van der Waals surface area contributed by atoms with Gasteiger partial charge in [0.1, 0.15) is 5.76 Å². The van der Waals surface area contributed by atoms with Gasteiger partial charge in [0, 0.05) is 31.9 Å². The van der Waals surface area contributed by atoms with Gasteiger partial charge in [-0.05, 0) is 55.8 Å². The van der Waals surface area contributed by atoms with Crippen molar-refractivity contribution in [1.29, 1.82) is 0 Å². The van der Waals surface area contributed by atoms with E-state index in [0.717, 1.165) is 38.0 Å². The van der Waals surface area contributed by atoms with E-state index < -0.39 is 0 Å². The van der Waals surface area contributed by atoms with Crippen LogP contribution in [0.25, 0.3) is 5.76 Å². The first kappa shape index (κ1) is 22.7. The average Bonchev–Trinajstić information content (AvgIpc) is 3.09. The molecule has 0 aromatic heterocycles. The molecule has 2 aromatic rings. The van der Waals surface area contributed by atoms with E-state index in [9.17, 15) is 4.79 Å². The topological polar surface area (TPSA) is 51.2 Å². The number of carbonyl (C=O) groups is 1. The third-order valence-corrected chi connectivity index (χ3v) is 5.53. The van der Waals surface area contributed by atoms with E-state index in [4.69, 9.17) is 14.2 Å². The van der Waals surface area contributed by atoms with Gasteiger partial charge >= 0.3 is 5.97 Å². The summed E-state index contributed by atoms with van der Waals surface area (Å²) in [7, 11) is 7.29. The molecule has 0 atom stereocenters. The maximum Gasteiger partial charge on any atom is 0.344 e. The minimum Gasteiger partial charge on any atom is -0.493 e. The fourth-order valence-electron chi connectivity index (χ4n) is 3.83. The predicted octanol–water partition coefficient (Wildman–Crippen LogP) is 4.58. The highest BCUT2D eigenvalue weighted by atomic mass is 16.5. The van der Waals surface area contributed by atoms with Crippen molar-refractivity contribution in [2.24, 2.45) is 0 Å². The largest absolute Gasteiger partial charge is 0.493 e. The molecule has 31 heavy (non-hydrogen) atoms. The summed E-state index contributed by atoms with van der Waals surface area (Å²) in [6, 6.07) is 12.0. The van der Waals surface area contributed by atoms with Crippen LogP contribution in [0.2, 0.25) is 0 Å². The number of anilines is 1. The van der Waals surface area contributed by atoms with Gasteiger partial charge in [0.25, 0.3) is 0 Å². The zero-order valence-electron chi connectivity index (χ0n) is 19.1. The maximum atomic E-state index is 12.2. The molecule has 0 fully saturated rings. The van der Waals surface area contributed by atoms with Gasteiger partial charge in [0.15, 0.2) is 11.5 Å². The summed E-state index contributed by atoms with van der Waals surface area (Å²) >= 11 is 0. The van der Waals surface area contributed by atoms with Gasteiger partial charge in [-0.1, -0.05) is 25.1 Å². The van der Waals surface area contributed by atoms with Crippen molar-refractivity contribution in [2.45, 2.75) is 26.3 Å². The Morgan fingerprint density at radius 1 is 1.03 bits per heavy atom. The highest BCUT2D eigenvalue weighted by Crippen LogP contribution is 2.38. The molecule has 0 spiro atoms. The summed E-state index contributed by atoms with van der Waals surface area (Å²) in [6.07, 6.45) is 3.79. The molecule has 3 rings (SSSR count). The molecule has 166 valence electrons. The molecule has 0 saturated heterocycles. The Labute approximate surface area is 185 Å². The number of ether oxygens (including phenoxy) is 3. The number of cyclic esters (lactones) is 1. The summed E-state index contributed by atoms with van der Waals surface area (Å²) in [4.78, 5) is 16.8. The van der Waals surface area contributed by atoms with Crippen molar-refractivity contribution in [3.8, 4) is 11.5 Å². The van der Waals surface area contributed by atoms with Crippen LogP contribution in [0.5, 0.6) is 11.5 Å². The molecule has 0 radical (unpaired) electrons. The van der Waals surface area contributed by atoms with Crippen molar-refractivity contribution in [3.63, 3.8) is 0 Å². The summed E-state index contributed by atoms with van der Waals surface area (Å²) in [5.41, 5.74) is 3.85. The summed E-state index contributed by atoms with van der Waals surface area (Å²) in [5, 5.41) is 0. The fraction of sp³-hybridized carbons (Fsp3) is 0.400. The molecular formula is C25H32N2O4. The van der Waals surface area contributed by atoms with Crippen molar-refractivity contribution in [1.82, 2.24) is 4.90 Å². The molecule has 0 amide bonds. The van der Waals surface area contributed by atoms with E-state index >= 15 is 0 Å². The van der Waals surface area contributed by atoms with Gasteiger partial charge in [-0.3, -0.25) is 4.90 Å². The van der Waals surface area contributed by atoms with Crippen molar-refractivity contribution < 1.29 is 19.0 Å². The zero-order valence-corrected chi connectivity index (χ0v) is 19.1. The number of methoxy groups -OCH3 is 2. The lowest BCUT2D eigenvalue weighted by Gasteiger charge is -2.24.